The zero-order valence-corrected chi connectivity index (χ0v) is 15.6. The second-order valence-electron chi connectivity index (χ2n) is 5.60. The van der Waals surface area contributed by atoms with Crippen LogP contribution in [0.25, 0.3) is 0 Å². The Morgan fingerprint density at radius 1 is 1.15 bits per heavy atom. The quantitative estimate of drug-likeness (QED) is 0.728. The van der Waals surface area contributed by atoms with Crippen molar-refractivity contribution in [2.24, 2.45) is 0 Å². The van der Waals surface area contributed by atoms with Crippen LogP contribution in [0.4, 0.5) is 15.8 Å². The second-order valence-corrected chi connectivity index (χ2v) is 7.51. The average Bonchev–Trinajstić information content (AvgIpc) is 2.59. The van der Waals surface area contributed by atoms with Gasteiger partial charge in [0.05, 0.1) is 24.1 Å². The normalized spacial score (nSPS) is 10.9. The highest BCUT2D eigenvalue weighted by molar-refractivity contribution is 7.92. The monoisotopic (exact) mass is 394 g/mol. The van der Waals surface area contributed by atoms with E-state index < -0.39 is 34.3 Å². The van der Waals surface area contributed by atoms with Gasteiger partial charge < -0.3 is 10.1 Å². The van der Waals surface area contributed by atoms with Gasteiger partial charge in [-0.15, -0.1) is 0 Å². The van der Waals surface area contributed by atoms with E-state index >= 15 is 0 Å². The van der Waals surface area contributed by atoms with Crippen LogP contribution in [0.3, 0.4) is 0 Å². The summed E-state index contributed by atoms with van der Waals surface area (Å²) >= 11 is 0. The predicted molar refractivity (Wildman–Crippen MR) is 99.6 cm³/mol. The van der Waals surface area contributed by atoms with Crippen molar-refractivity contribution in [3.05, 3.63) is 59.9 Å². The van der Waals surface area contributed by atoms with Crippen LogP contribution in [-0.2, 0) is 19.6 Å². The Labute approximate surface area is 156 Å². The Bertz CT molecular complexity index is 946. The maximum Gasteiger partial charge on any atom is 0.338 e. The molecule has 0 unspecified atom stereocenters. The molecular weight excluding hydrogens is 375 g/mol. The third kappa shape index (κ3) is 5.78. The number of hydrogen-bond donors (Lipinski definition) is 1. The first-order valence-electron chi connectivity index (χ1n) is 8.01. The van der Waals surface area contributed by atoms with Gasteiger partial charge in [0.1, 0.15) is 12.4 Å². The predicted octanol–water partition coefficient (Wildman–Crippen LogP) is 2.41. The summed E-state index contributed by atoms with van der Waals surface area (Å²) in [4.78, 5) is 24.1. The number of carbonyl (C=O) groups excluding carboxylic acids is 2. The van der Waals surface area contributed by atoms with Crippen LogP contribution >= 0.6 is 0 Å². The molecule has 0 spiro atoms. The molecule has 2 rings (SSSR count). The summed E-state index contributed by atoms with van der Waals surface area (Å²) < 4.78 is 43.1. The van der Waals surface area contributed by atoms with Gasteiger partial charge in [-0.25, -0.2) is 17.6 Å². The lowest BCUT2D eigenvalue weighted by atomic mass is 10.2. The molecule has 7 nitrogen and oxygen atoms in total. The number of halogens is 1. The van der Waals surface area contributed by atoms with Gasteiger partial charge in [-0.2, -0.15) is 0 Å². The molecule has 0 aliphatic carbocycles. The van der Waals surface area contributed by atoms with Crippen molar-refractivity contribution in [2.45, 2.75) is 6.92 Å². The lowest BCUT2D eigenvalue weighted by Crippen LogP contribution is -2.37. The van der Waals surface area contributed by atoms with E-state index in [1.54, 1.807) is 19.1 Å². The van der Waals surface area contributed by atoms with Crippen LogP contribution in [0.15, 0.2) is 48.5 Å². The van der Waals surface area contributed by atoms with Crippen LogP contribution in [-0.4, -0.2) is 39.7 Å². The SMILES string of the molecule is CCOC(=O)c1cccc(NC(=O)CN(c2cccc(F)c2)S(C)(=O)=O)c1. The summed E-state index contributed by atoms with van der Waals surface area (Å²) in [5, 5.41) is 2.52. The molecular formula is C18H19FN2O5S. The standard InChI is InChI=1S/C18H19FN2O5S/c1-3-26-18(23)13-6-4-8-15(10-13)20-17(22)12-21(27(2,24)25)16-9-5-7-14(19)11-16/h4-11H,3,12H2,1-2H3,(H,20,22). The van der Waals surface area contributed by atoms with Gasteiger partial charge in [-0.05, 0) is 43.3 Å². The summed E-state index contributed by atoms with van der Waals surface area (Å²) in [6, 6.07) is 11.0. The Morgan fingerprint density at radius 3 is 2.48 bits per heavy atom. The van der Waals surface area contributed by atoms with Crippen LogP contribution in [0.1, 0.15) is 17.3 Å². The molecule has 27 heavy (non-hydrogen) atoms. The molecule has 0 bridgehead atoms. The maximum absolute atomic E-state index is 13.4. The third-order valence-electron chi connectivity index (χ3n) is 3.44. The number of sulfonamides is 1. The number of nitrogens with zero attached hydrogens (tertiary/aromatic N) is 1. The Kier molecular flexibility index (Phi) is 6.51. The molecule has 9 heteroatoms. The van der Waals surface area contributed by atoms with E-state index in [-0.39, 0.29) is 17.9 Å². The minimum atomic E-state index is -3.82. The summed E-state index contributed by atoms with van der Waals surface area (Å²) in [5.74, 6) is -1.81. The fourth-order valence-corrected chi connectivity index (χ4v) is 3.15. The average molecular weight is 394 g/mol. The first-order valence-corrected chi connectivity index (χ1v) is 9.86. The molecule has 0 saturated heterocycles. The Balaban J connectivity index is 2.17. The van der Waals surface area contributed by atoms with E-state index in [9.17, 15) is 22.4 Å². The van der Waals surface area contributed by atoms with Gasteiger partial charge in [0, 0.05) is 5.69 Å². The van der Waals surface area contributed by atoms with Crippen molar-refractivity contribution in [2.75, 3.05) is 29.0 Å². The number of carbonyl (C=O) groups is 2. The molecule has 0 atom stereocenters. The molecule has 1 N–H and O–H groups in total. The summed E-state index contributed by atoms with van der Waals surface area (Å²) in [6.07, 6.45) is 0.923. The summed E-state index contributed by atoms with van der Waals surface area (Å²) in [5.41, 5.74) is 0.589. The molecule has 2 aromatic carbocycles. The van der Waals surface area contributed by atoms with Gasteiger partial charge in [0.2, 0.25) is 15.9 Å². The zero-order chi connectivity index (χ0) is 20.0. The number of rotatable bonds is 7. The highest BCUT2D eigenvalue weighted by Crippen LogP contribution is 2.19. The molecule has 0 radical (unpaired) electrons. The van der Waals surface area contributed by atoms with E-state index in [0.717, 1.165) is 16.6 Å². The fraction of sp³-hybridized carbons (Fsp3) is 0.222. The van der Waals surface area contributed by atoms with Crippen molar-refractivity contribution in [3.63, 3.8) is 0 Å². The van der Waals surface area contributed by atoms with Crippen LogP contribution in [0, 0.1) is 5.82 Å². The van der Waals surface area contributed by atoms with Crippen LogP contribution in [0.2, 0.25) is 0 Å². The third-order valence-corrected chi connectivity index (χ3v) is 4.58. The minimum absolute atomic E-state index is 0.0351. The van der Waals surface area contributed by atoms with Crippen molar-refractivity contribution in [3.8, 4) is 0 Å². The van der Waals surface area contributed by atoms with E-state index in [4.69, 9.17) is 4.74 Å². The molecule has 2 aromatic rings. The maximum atomic E-state index is 13.4. The van der Waals surface area contributed by atoms with Crippen LogP contribution < -0.4 is 9.62 Å². The number of ether oxygens (including phenoxy) is 1. The number of benzene rings is 2. The number of esters is 1. The molecule has 0 fully saturated rings. The number of anilines is 2. The first kappa shape index (κ1) is 20.4. The highest BCUT2D eigenvalue weighted by atomic mass is 32.2. The molecule has 0 saturated carbocycles. The number of nitrogens with one attached hydrogen (secondary N) is 1. The number of amides is 1. The van der Waals surface area contributed by atoms with Gasteiger partial charge >= 0.3 is 5.97 Å². The highest BCUT2D eigenvalue weighted by Gasteiger charge is 2.21. The fourth-order valence-electron chi connectivity index (χ4n) is 2.30. The van der Waals surface area contributed by atoms with Crippen molar-refractivity contribution < 1.29 is 27.1 Å². The largest absolute Gasteiger partial charge is 0.462 e. The van der Waals surface area contributed by atoms with Crippen molar-refractivity contribution >= 4 is 33.3 Å². The lowest BCUT2D eigenvalue weighted by Gasteiger charge is -2.22. The minimum Gasteiger partial charge on any atom is -0.462 e. The summed E-state index contributed by atoms with van der Waals surface area (Å²) in [7, 11) is -3.82. The van der Waals surface area contributed by atoms with E-state index in [0.29, 0.717) is 5.69 Å². The smallest absolute Gasteiger partial charge is 0.338 e. The van der Waals surface area contributed by atoms with Gasteiger partial charge in [-0.1, -0.05) is 12.1 Å². The summed E-state index contributed by atoms with van der Waals surface area (Å²) in [6.45, 7) is 1.34. The molecule has 0 aromatic heterocycles. The molecule has 0 aliphatic heterocycles. The van der Waals surface area contributed by atoms with Crippen molar-refractivity contribution in [1.29, 1.82) is 0 Å². The van der Waals surface area contributed by atoms with E-state index in [1.165, 1.54) is 30.3 Å². The number of hydrogen-bond acceptors (Lipinski definition) is 5. The zero-order valence-electron chi connectivity index (χ0n) is 14.8. The van der Waals surface area contributed by atoms with Gasteiger partial charge in [0.25, 0.3) is 0 Å². The van der Waals surface area contributed by atoms with Crippen molar-refractivity contribution in [1.82, 2.24) is 0 Å². The first-order chi connectivity index (χ1) is 12.7. The Hall–Kier alpha value is -2.94. The molecule has 0 aliphatic rings. The van der Waals surface area contributed by atoms with E-state index in [1.807, 2.05) is 0 Å². The van der Waals surface area contributed by atoms with Crippen LogP contribution in [0.5, 0.6) is 0 Å². The van der Waals surface area contributed by atoms with Gasteiger partial charge in [0.15, 0.2) is 0 Å². The molecule has 1 amide bonds. The molecule has 0 heterocycles. The van der Waals surface area contributed by atoms with Gasteiger partial charge in [-0.3, -0.25) is 9.10 Å². The molecule has 144 valence electrons. The topological polar surface area (TPSA) is 92.8 Å². The lowest BCUT2D eigenvalue weighted by molar-refractivity contribution is -0.114. The Morgan fingerprint density at radius 2 is 1.85 bits per heavy atom. The second kappa shape index (κ2) is 8.63. The van der Waals surface area contributed by atoms with E-state index in [2.05, 4.69) is 5.32 Å².